The van der Waals surface area contributed by atoms with Crippen molar-refractivity contribution in [3.63, 3.8) is 0 Å². The van der Waals surface area contributed by atoms with Crippen LogP contribution >= 0.6 is 0 Å². The highest BCUT2D eigenvalue weighted by Crippen LogP contribution is 2.32. The lowest BCUT2D eigenvalue weighted by Crippen LogP contribution is -2.07. The molecule has 0 heterocycles. The summed E-state index contributed by atoms with van der Waals surface area (Å²) in [5.41, 5.74) is 1.45. The molecule has 2 nitrogen and oxygen atoms in total. The van der Waals surface area contributed by atoms with Gasteiger partial charge < -0.3 is 4.74 Å². The number of ether oxygens (including phenoxy) is 1. The van der Waals surface area contributed by atoms with Gasteiger partial charge in [-0.25, -0.2) is 0 Å². The molecule has 1 aliphatic carbocycles. The van der Waals surface area contributed by atoms with Gasteiger partial charge in [0, 0.05) is 6.42 Å². The molecule has 0 bridgehead atoms. The third-order valence-electron chi connectivity index (χ3n) is 3.59. The van der Waals surface area contributed by atoms with E-state index in [9.17, 15) is 4.79 Å². The van der Waals surface area contributed by atoms with Crippen LogP contribution in [0.3, 0.4) is 0 Å². The Morgan fingerprint density at radius 3 is 2.88 bits per heavy atom. The predicted molar refractivity (Wildman–Crippen MR) is 70.7 cm³/mol. The van der Waals surface area contributed by atoms with E-state index in [1.54, 1.807) is 0 Å². The first-order valence-electron chi connectivity index (χ1n) is 6.97. The van der Waals surface area contributed by atoms with Crippen molar-refractivity contribution in [2.24, 2.45) is 11.8 Å². The molecule has 2 heteroatoms. The first-order chi connectivity index (χ1) is 8.13. The van der Waals surface area contributed by atoms with E-state index in [1.807, 2.05) is 0 Å². The van der Waals surface area contributed by atoms with Gasteiger partial charge >= 0.3 is 5.97 Å². The van der Waals surface area contributed by atoms with Crippen LogP contribution < -0.4 is 0 Å². The molecule has 0 aromatic carbocycles. The number of esters is 1. The van der Waals surface area contributed by atoms with Crippen molar-refractivity contribution in [3.05, 3.63) is 11.6 Å². The third-order valence-corrected chi connectivity index (χ3v) is 3.59. The molecule has 0 spiro atoms. The van der Waals surface area contributed by atoms with Crippen LogP contribution in [0.1, 0.15) is 59.3 Å². The Morgan fingerprint density at radius 2 is 2.29 bits per heavy atom. The zero-order valence-electron chi connectivity index (χ0n) is 11.5. The molecule has 0 aromatic heterocycles. The van der Waals surface area contributed by atoms with Gasteiger partial charge in [0.05, 0.1) is 6.61 Å². The number of hydrogen-bond acceptors (Lipinski definition) is 2. The summed E-state index contributed by atoms with van der Waals surface area (Å²) in [5.74, 6) is 1.51. The van der Waals surface area contributed by atoms with E-state index in [4.69, 9.17) is 4.74 Å². The van der Waals surface area contributed by atoms with E-state index in [0.29, 0.717) is 13.0 Å². The van der Waals surface area contributed by atoms with Crippen LogP contribution in [0.15, 0.2) is 11.6 Å². The number of rotatable bonds is 7. The second-order valence-corrected chi connectivity index (χ2v) is 5.38. The predicted octanol–water partition coefficient (Wildman–Crippen LogP) is 4.10. The van der Waals surface area contributed by atoms with Gasteiger partial charge in [-0.1, -0.05) is 38.8 Å². The number of carbonyl (C=O) groups is 1. The Hall–Kier alpha value is -0.790. The maximum atomic E-state index is 11.4. The van der Waals surface area contributed by atoms with Gasteiger partial charge in [-0.3, -0.25) is 4.79 Å². The quantitative estimate of drug-likeness (QED) is 0.379. The van der Waals surface area contributed by atoms with Crippen LogP contribution in [0.4, 0.5) is 0 Å². The van der Waals surface area contributed by atoms with Crippen molar-refractivity contribution in [1.82, 2.24) is 0 Å². The van der Waals surface area contributed by atoms with Gasteiger partial charge in [0.1, 0.15) is 0 Å². The highest BCUT2D eigenvalue weighted by atomic mass is 16.5. The molecule has 1 rings (SSSR count). The molecular formula is C15H26O2. The average Bonchev–Trinajstić information content (AvgIpc) is 2.75. The lowest BCUT2D eigenvalue weighted by atomic mass is 9.92. The molecule has 98 valence electrons. The van der Waals surface area contributed by atoms with Gasteiger partial charge in [0.2, 0.25) is 0 Å². The maximum Gasteiger partial charge on any atom is 0.306 e. The van der Waals surface area contributed by atoms with Crippen molar-refractivity contribution in [2.45, 2.75) is 59.3 Å². The zero-order chi connectivity index (χ0) is 12.7. The molecule has 0 saturated carbocycles. The largest absolute Gasteiger partial charge is 0.466 e. The summed E-state index contributed by atoms with van der Waals surface area (Å²) < 4.78 is 5.15. The first-order valence-corrected chi connectivity index (χ1v) is 6.97. The Balaban J connectivity index is 2.13. The molecular weight excluding hydrogens is 212 g/mol. The molecule has 0 fully saturated rings. The van der Waals surface area contributed by atoms with Crippen LogP contribution in [0.5, 0.6) is 0 Å². The van der Waals surface area contributed by atoms with Crippen LogP contribution in [-0.4, -0.2) is 12.6 Å². The molecule has 0 N–H and O–H groups in total. The van der Waals surface area contributed by atoms with E-state index < -0.39 is 0 Å². The number of unbranched alkanes of at least 4 members (excludes halogenated alkanes) is 1. The molecule has 0 unspecified atom stereocenters. The summed E-state index contributed by atoms with van der Waals surface area (Å²) in [6.07, 6.45) is 8.20. The molecule has 0 amide bonds. The third kappa shape index (κ3) is 5.38. The highest BCUT2D eigenvalue weighted by molar-refractivity contribution is 5.69. The van der Waals surface area contributed by atoms with Gasteiger partial charge in [-0.15, -0.1) is 0 Å². The standard InChI is InChI=1S/C15H26O2/c1-4-5-10-17-15(16)9-7-13-6-8-14(11-13)12(2)3/h6,12,14H,4-5,7-11H2,1-3H3/t14-/m1/s1. The fourth-order valence-corrected chi connectivity index (χ4v) is 2.20. The van der Waals surface area contributed by atoms with Crippen LogP contribution in [0.2, 0.25) is 0 Å². The first kappa shape index (κ1) is 14.3. The molecule has 0 aliphatic heterocycles. The second-order valence-electron chi connectivity index (χ2n) is 5.38. The molecule has 0 aromatic rings. The summed E-state index contributed by atoms with van der Waals surface area (Å²) in [4.78, 5) is 11.4. The Kier molecular flexibility index (Phi) is 6.31. The van der Waals surface area contributed by atoms with Crippen LogP contribution in [0.25, 0.3) is 0 Å². The summed E-state index contributed by atoms with van der Waals surface area (Å²) in [7, 11) is 0. The maximum absolute atomic E-state index is 11.4. The minimum Gasteiger partial charge on any atom is -0.466 e. The Bertz CT molecular complexity index is 266. The number of carbonyl (C=O) groups excluding carboxylic acids is 1. The normalized spacial score (nSPS) is 19.5. The van der Waals surface area contributed by atoms with Gasteiger partial charge in [0.15, 0.2) is 0 Å². The van der Waals surface area contributed by atoms with Crippen molar-refractivity contribution in [1.29, 1.82) is 0 Å². The van der Waals surface area contributed by atoms with Gasteiger partial charge in [-0.05, 0) is 37.5 Å². The van der Waals surface area contributed by atoms with E-state index >= 15 is 0 Å². The SMILES string of the molecule is CCCCOC(=O)CCC1=CC[C@@H](C(C)C)C1. The zero-order valence-corrected chi connectivity index (χ0v) is 11.5. The molecule has 0 saturated heterocycles. The van der Waals surface area contributed by atoms with Crippen molar-refractivity contribution >= 4 is 5.97 Å². The smallest absolute Gasteiger partial charge is 0.306 e. The highest BCUT2D eigenvalue weighted by Gasteiger charge is 2.20. The van der Waals surface area contributed by atoms with Gasteiger partial charge in [0.25, 0.3) is 0 Å². The summed E-state index contributed by atoms with van der Waals surface area (Å²) in [6, 6.07) is 0. The topological polar surface area (TPSA) is 26.3 Å². The molecule has 17 heavy (non-hydrogen) atoms. The second kappa shape index (κ2) is 7.52. The van der Waals surface area contributed by atoms with Gasteiger partial charge in [-0.2, -0.15) is 0 Å². The Labute approximate surface area is 105 Å². The van der Waals surface area contributed by atoms with Crippen molar-refractivity contribution < 1.29 is 9.53 Å². The Morgan fingerprint density at radius 1 is 1.53 bits per heavy atom. The molecule has 0 radical (unpaired) electrons. The molecule has 1 aliphatic rings. The average molecular weight is 238 g/mol. The fourth-order valence-electron chi connectivity index (χ4n) is 2.20. The fraction of sp³-hybridized carbons (Fsp3) is 0.800. The lowest BCUT2D eigenvalue weighted by Gasteiger charge is -2.14. The van der Waals surface area contributed by atoms with Crippen LogP contribution in [-0.2, 0) is 9.53 Å². The van der Waals surface area contributed by atoms with E-state index in [0.717, 1.165) is 31.1 Å². The summed E-state index contributed by atoms with van der Waals surface area (Å²) in [5, 5.41) is 0. The molecule has 1 atom stereocenters. The monoisotopic (exact) mass is 238 g/mol. The van der Waals surface area contributed by atoms with Crippen molar-refractivity contribution in [3.8, 4) is 0 Å². The summed E-state index contributed by atoms with van der Waals surface area (Å²) in [6.45, 7) is 7.24. The minimum atomic E-state index is -0.0349. The number of allylic oxidation sites excluding steroid dienone is 2. The lowest BCUT2D eigenvalue weighted by molar-refractivity contribution is -0.143. The summed E-state index contributed by atoms with van der Waals surface area (Å²) >= 11 is 0. The minimum absolute atomic E-state index is 0.0349. The van der Waals surface area contributed by atoms with E-state index in [1.165, 1.54) is 18.4 Å². The van der Waals surface area contributed by atoms with E-state index in [-0.39, 0.29) is 5.97 Å². The van der Waals surface area contributed by atoms with E-state index in [2.05, 4.69) is 26.8 Å². The van der Waals surface area contributed by atoms with Crippen LogP contribution in [0, 0.1) is 11.8 Å². The number of hydrogen-bond donors (Lipinski definition) is 0. The van der Waals surface area contributed by atoms with Crippen molar-refractivity contribution in [2.75, 3.05) is 6.61 Å².